The SMILES string of the molecule is Nc1cc(Cl)ccc1C=CCNC(=O)OCc1ccccc1. The highest BCUT2D eigenvalue weighted by molar-refractivity contribution is 6.30. The fourth-order valence-corrected chi connectivity index (χ4v) is 1.98. The monoisotopic (exact) mass is 316 g/mol. The Morgan fingerprint density at radius 3 is 2.73 bits per heavy atom. The lowest BCUT2D eigenvalue weighted by Gasteiger charge is -2.05. The maximum absolute atomic E-state index is 11.5. The summed E-state index contributed by atoms with van der Waals surface area (Å²) in [5.41, 5.74) is 8.22. The topological polar surface area (TPSA) is 64.3 Å². The average molecular weight is 317 g/mol. The molecule has 0 unspecified atom stereocenters. The van der Waals surface area contributed by atoms with Crippen LogP contribution in [0.5, 0.6) is 0 Å². The number of anilines is 1. The van der Waals surface area contributed by atoms with Gasteiger partial charge in [0.1, 0.15) is 6.61 Å². The summed E-state index contributed by atoms with van der Waals surface area (Å²) >= 11 is 5.83. The summed E-state index contributed by atoms with van der Waals surface area (Å²) in [4.78, 5) is 11.5. The Balaban J connectivity index is 1.73. The number of alkyl carbamates (subject to hydrolysis) is 1. The van der Waals surface area contributed by atoms with Gasteiger partial charge < -0.3 is 15.8 Å². The van der Waals surface area contributed by atoms with Gasteiger partial charge in [-0.3, -0.25) is 0 Å². The van der Waals surface area contributed by atoms with Crippen LogP contribution in [-0.2, 0) is 11.3 Å². The van der Waals surface area contributed by atoms with Crippen LogP contribution in [0.3, 0.4) is 0 Å². The fraction of sp³-hybridized carbons (Fsp3) is 0.118. The van der Waals surface area contributed by atoms with Crippen LogP contribution in [0.25, 0.3) is 6.08 Å². The summed E-state index contributed by atoms with van der Waals surface area (Å²) in [6, 6.07) is 14.8. The van der Waals surface area contributed by atoms with E-state index in [4.69, 9.17) is 22.1 Å². The molecule has 0 fully saturated rings. The highest BCUT2D eigenvalue weighted by atomic mass is 35.5. The molecule has 2 aromatic carbocycles. The van der Waals surface area contributed by atoms with E-state index in [1.165, 1.54) is 0 Å². The number of rotatable bonds is 5. The molecule has 2 rings (SSSR count). The van der Waals surface area contributed by atoms with Crippen molar-refractivity contribution in [3.05, 3.63) is 70.8 Å². The number of hydrogen-bond acceptors (Lipinski definition) is 3. The van der Waals surface area contributed by atoms with E-state index in [1.807, 2.05) is 42.5 Å². The summed E-state index contributed by atoms with van der Waals surface area (Å²) < 4.78 is 5.09. The average Bonchev–Trinajstić information content (AvgIpc) is 2.52. The first-order chi connectivity index (χ1) is 10.6. The Morgan fingerprint density at radius 2 is 2.00 bits per heavy atom. The molecule has 2 aromatic rings. The zero-order valence-electron chi connectivity index (χ0n) is 12.0. The second-order valence-electron chi connectivity index (χ2n) is 4.62. The smallest absolute Gasteiger partial charge is 0.407 e. The van der Waals surface area contributed by atoms with Crippen molar-refractivity contribution in [1.82, 2.24) is 5.32 Å². The summed E-state index contributed by atoms with van der Waals surface area (Å²) in [6.07, 6.45) is 3.16. The van der Waals surface area contributed by atoms with Gasteiger partial charge in [-0.25, -0.2) is 4.79 Å². The maximum Gasteiger partial charge on any atom is 0.407 e. The van der Waals surface area contributed by atoms with Crippen molar-refractivity contribution in [1.29, 1.82) is 0 Å². The summed E-state index contributed by atoms with van der Waals surface area (Å²) in [7, 11) is 0. The van der Waals surface area contributed by atoms with E-state index in [2.05, 4.69) is 5.32 Å². The van der Waals surface area contributed by atoms with Crippen LogP contribution in [0.15, 0.2) is 54.6 Å². The lowest BCUT2D eigenvalue weighted by atomic mass is 10.1. The van der Waals surface area contributed by atoms with E-state index in [0.717, 1.165) is 11.1 Å². The van der Waals surface area contributed by atoms with Gasteiger partial charge in [0.05, 0.1) is 0 Å². The van der Waals surface area contributed by atoms with Crippen LogP contribution in [0, 0.1) is 0 Å². The lowest BCUT2D eigenvalue weighted by Crippen LogP contribution is -2.24. The maximum atomic E-state index is 11.5. The van der Waals surface area contributed by atoms with Crippen molar-refractivity contribution < 1.29 is 9.53 Å². The Hall–Kier alpha value is -2.46. The molecule has 0 radical (unpaired) electrons. The first-order valence-corrected chi connectivity index (χ1v) is 7.19. The number of carbonyl (C=O) groups excluding carboxylic acids is 1. The Morgan fingerprint density at radius 1 is 1.23 bits per heavy atom. The molecule has 0 aliphatic rings. The highest BCUT2D eigenvalue weighted by Crippen LogP contribution is 2.18. The molecule has 0 spiro atoms. The van der Waals surface area contributed by atoms with Gasteiger partial charge in [-0.05, 0) is 23.3 Å². The lowest BCUT2D eigenvalue weighted by molar-refractivity contribution is 0.141. The Bertz CT molecular complexity index is 657. The fourth-order valence-electron chi connectivity index (χ4n) is 1.80. The zero-order chi connectivity index (χ0) is 15.8. The number of ether oxygens (including phenoxy) is 1. The van der Waals surface area contributed by atoms with E-state index in [1.54, 1.807) is 18.2 Å². The molecule has 3 N–H and O–H groups in total. The number of carbonyl (C=O) groups is 1. The van der Waals surface area contributed by atoms with Gasteiger partial charge in [0, 0.05) is 17.3 Å². The van der Waals surface area contributed by atoms with Gasteiger partial charge in [0.15, 0.2) is 0 Å². The first-order valence-electron chi connectivity index (χ1n) is 6.81. The van der Waals surface area contributed by atoms with Crippen LogP contribution in [0.4, 0.5) is 10.5 Å². The van der Waals surface area contributed by atoms with E-state index >= 15 is 0 Å². The number of halogens is 1. The van der Waals surface area contributed by atoms with Crippen LogP contribution in [-0.4, -0.2) is 12.6 Å². The van der Waals surface area contributed by atoms with Crippen molar-refractivity contribution in [2.24, 2.45) is 0 Å². The molecule has 22 heavy (non-hydrogen) atoms. The first kappa shape index (κ1) is 15.9. The summed E-state index contributed by atoms with van der Waals surface area (Å²) in [5, 5.41) is 3.23. The van der Waals surface area contributed by atoms with Crippen LogP contribution in [0.2, 0.25) is 5.02 Å². The number of amides is 1. The molecule has 0 saturated heterocycles. The molecule has 0 atom stereocenters. The van der Waals surface area contributed by atoms with E-state index in [-0.39, 0.29) is 6.61 Å². The van der Waals surface area contributed by atoms with Gasteiger partial charge in [-0.1, -0.05) is 60.2 Å². The van der Waals surface area contributed by atoms with E-state index < -0.39 is 6.09 Å². The molecule has 0 aromatic heterocycles. The van der Waals surface area contributed by atoms with Gasteiger partial charge in [0.25, 0.3) is 0 Å². The minimum atomic E-state index is -0.461. The predicted molar refractivity (Wildman–Crippen MR) is 89.5 cm³/mol. The normalized spacial score (nSPS) is 10.6. The number of nitrogens with two attached hydrogens (primary N) is 1. The number of benzene rings is 2. The minimum Gasteiger partial charge on any atom is -0.445 e. The van der Waals surface area contributed by atoms with Gasteiger partial charge in [0.2, 0.25) is 0 Å². The van der Waals surface area contributed by atoms with Gasteiger partial charge >= 0.3 is 6.09 Å². The number of nitrogen functional groups attached to an aromatic ring is 1. The molecule has 1 amide bonds. The van der Waals surface area contributed by atoms with Crippen LogP contribution < -0.4 is 11.1 Å². The molecule has 0 heterocycles. The second kappa shape index (κ2) is 8.10. The second-order valence-corrected chi connectivity index (χ2v) is 5.05. The molecule has 5 heteroatoms. The van der Waals surface area contributed by atoms with E-state index in [9.17, 15) is 4.79 Å². The standard InChI is InChI=1S/C17H17ClN2O2/c18-15-9-8-14(16(19)11-15)7-4-10-20-17(21)22-12-13-5-2-1-3-6-13/h1-9,11H,10,12,19H2,(H,20,21). The molecule has 4 nitrogen and oxygen atoms in total. The molecule has 0 bridgehead atoms. The van der Waals surface area contributed by atoms with Crippen molar-refractivity contribution in [2.75, 3.05) is 12.3 Å². The quantitative estimate of drug-likeness (QED) is 0.823. The van der Waals surface area contributed by atoms with Gasteiger partial charge in [-0.2, -0.15) is 0 Å². The third-order valence-corrected chi connectivity index (χ3v) is 3.16. The molecule has 0 aliphatic heterocycles. The molecular weight excluding hydrogens is 300 g/mol. The van der Waals surface area contributed by atoms with E-state index in [0.29, 0.717) is 17.3 Å². The highest BCUT2D eigenvalue weighted by Gasteiger charge is 2.00. The molecular formula is C17H17ClN2O2. The van der Waals surface area contributed by atoms with Crippen molar-refractivity contribution >= 4 is 29.5 Å². The van der Waals surface area contributed by atoms with Crippen LogP contribution in [0.1, 0.15) is 11.1 Å². The largest absolute Gasteiger partial charge is 0.445 e. The number of hydrogen-bond donors (Lipinski definition) is 2. The zero-order valence-corrected chi connectivity index (χ0v) is 12.7. The molecule has 114 valence electrons. The van der Waals surface area contributed by atoms with Crippen molar-refractivity contribution in [2.45, 2.75) is 6.61 Å². The van der Waals surface area contributed by atoms with Crippen molar-refractivity contribution in [3.8, 4) is 0 Å². The third-order valence-electron chi connectivity index (χ3n) is 2.92. The molecule has 0 saturated carbocycles. The summed E-state index contributed by atoms with van der Waals surface area (Å²) in [5.74, 6) is 0. The Labute approximate surface area is 134 Å². The minimum absolute atomic E-state index is 0.251. The summed E-state index contributed by atoms with van der Waals surface area (Å²) in [6.45, 7) is 0.607. The van der Waals surface area contributed by atoms with Gasteiger partial charge in [-0.15, -0.1) is 0 Å². The number of nitrogens with one attached hydrogen (secondary N) is 1. The molecule has 0 aliphatic carbocycles. The predicted octanol–water partition coefficient (Wildman–Crippen LogP) is 3.86. The van der Waals surface area contributed by atoms with Crippen LogP contribution >= 0.6 is 11.6 Å². The van der Waals surface area contributed by atoms with Crippen molar-refractivity contribution in [3.63, 3.8) is 0 Å². The third kappa shape index (κ3) is 5.14. The Kier molecular flexibility index (Phi) is 5.86.